The van der Waals surface area contributed by atoms with E-state index in [2.05, 4.69) is 4.98 Å². The molecule has 2 heterocycles. The van der Waals surface area contributed by atoms with Gasteiger partial charge in [-0.2, -0.15) is 0 Å². The first-order valence-corrected chi connectivity index (χ1v) is 6.60. The number of aromatic nitrogens is 1. The quantitative estimate of drug-likeness (QED) is 0.841. The number of nitrogens with two attached hydrogens (primary N) is 1. The second-order valence-corrected chi connectivity index (χ2v) is 5.40. The van der Waals surface area contributed by atoms with Crippen LogP contribution in [0.1, 0.15) is 26.6 Å². The standard InChI is InChI=1S/C13H13N3OS/c1-8-7-18-12(15-8)6-16-5-9-2-3-10(14)4-11(9)13(16)17/h2-4,7H,5-6,14H2,1H3. The molecule has 0 unspecified atom stereocenters. The van der Waals surface area contributed by atoms with Crippen molar-refractivity contribution >= 4 is 22.9 Å². The number of hydrogen-bond donors (Lipinski definition) is 1. The van der Waals surface area contributed by atoms with E-state index in [0.717, 1.165) is 21.8 Å². The number of rotatable bonds is 2. The van der Waals surface area contributed by atoms with E-state index >= 15 is 0 Å². The van der Waals surface area contributed by atoms with E-state index in [1.165, 1.54) is 0 Å². The lowest BCUT2D eigenvalue weighted by Crippen LogP contribution is -2.23. The van der Waals surface area contributed by atoms with Crippen LogP contribution >= 0.6 is 11.3 Å². The van der Waals surface area contributed by atoms with Gasteiger partial charge in [-0.3, -0.25) is 4.79 Å². The number of nitrogen functional groups attached to an aromatic ring is 1. The number of fused-ring (bicyclic) bond motifs is 1. The zero-order valence-corrected chi connectivity index (χ0v) is 10.8. The molecule has 2 N–H and O–H groups in total. The van der Waals surface area contributed by atoms with Crippen LogP contribution in [0.4, 0.5) is 5.69 Å². The molecule has 0 saturated carbocycles. The molecule has 1 aliphatic heterocycles. The monoisotopic (exact) mass is 259 g/mol. The number of carbonyl (C=O) groups is 1. The minimum absolute atomic E-state index is 0.0464. The highest BCUT2D eigenvalue weighted by atomic mass is 32.1. The summed E-state index contributed by atoms with van der Waals surface area (Å²) in [7, 11) is 0. The number of anilines is 1. The Hall–Kier alpha value is -1.88. The van der Waals surface area contributed by atoms with E-state index in [9.17, 15) is 4.79 Å². The Morgan fingerprint density at radius 2 is 2.33 bits per heavy atom. The third-order valence-corrected chi connectivity index (χ3v) is 3.96. The molecule has 1 amide bonds. The summed E-state index contributed by atoms with van der Waals surface area (Å²) in [6.07, 6.45) is 0. The Labute approximate surface area is 109 Å². The van der Waals surface area contributed by atoms with Crippen LogP contribution < -0.4 is 5.73 Å². The number of nitrogens with zero attached hydrogens (tertiary/aromatic N) is 2. The zero-order valence-electron chi connectivity index (χ0n) is 10.0. The highest BCUT2D eigenvalue weighted by Gasteiger charge is 2.27. The van der Waals surface area contributed by atoms with Crippen LogP contribution in [0.3, 0.4) is 0 Å². The Kier molecular flexibility index (Phi) is 2.56. The van der Waals surface area contributed by atoms with Crippen LogP contribution in [0.5, 0.6) is 0 Å². The predicted octanol–water partition coefficient (Wildman–Crippen LogP) is 2.19. The third-order valence-electron chi connectivity index (χ3n) is 3.01. The lowest BCUT2D eigenvalue weighted by Gasteiger charge is -2.13. The van der Waals surface area contributed by atoms with Crippen LogP contribution in [0.25, 0.3) is 0 Å². The molecule has 0 aliphatic carbocycles. The first kappa shape index (κ1) is 11.2. The topological polar surface area (TPSA) is 59.2 Å². The maximum atomic E-state index is 12.2. The van der Waals surface area contributed by atoms with Gasteiger partial charge in [-0.1, -0.05) is 6.07 Å². The summed E-state index contributed by atoms with van der Waals surface area (Å²) in [6.45, 7) is 3.18. The summed E-state index contributed by atoms with van der Waals surface area (Å²) in [5.74, 6) is 0.0464. The van der Waals surface area contributed by atoms with Gasteiger partial charge in [-0.25, -0.2) is 4.98 Å². The summed E-state index contributed by atoms with van der Waals surface area (Å²) in [6, 6.07) is 5.52. The zero-order chi connectivity index (χ0) is 12.7. The summed E-state index contributed by atoms with van der Waals surface area (Å²) >= 11 is 1.59. The van der Waals surface area contributed by atoms with Gasteiger partial charge in [-0.05, 0) is 24.6 Å². The van der Waals surface area contributed by atoms with Crippen molar-refractivity contribution in [3.05, 3.63) is 45.4 Å². The van der Waals surface area contributed by atoms with Gasteiger partial charge < -0.3 is 10.6 Å². The molecule has 1 aromatic heterocycles. The van der Waals surface area contributed by atoms with E-state index < -0.39 is 0 Å². The molecule has 0 spiro atoms. The maximum absolute atomic E-state index is 12.2. The fourth-order valence-corrected chi connectivity index (χ4v) is 2.93. The molecule has 1 aliphatic rings. The molecule has 1 aromatic carbocycles. The van der Waals surface area contributed by atoms with Gasteiger partial charge in [0.2, 0.25) is 0 Å². The van der Waals surface area contributed by atoms with Crippen LogP contribution in [-0.2, 0) is 13.1 Å². The number of amides is 1. The largest absolute Gasteiger partial charge is 0.399 e. The highest BCUT2D eigenvalue weighted by molar-refractivity contribution is 7.09. The summed E-state index contributed by atoms with van der Waals surface area (Å²) in [5.41, 5.74) is 9.12. The van der Waals surface area contributed by atoms with Crippen LogP contribution in [0, 0.1) is 6.92 Å². The van der Waals surface area contributed by atoms with E-state index in [4.69, 9.17) is 5.73 Å². The Bertz CT molecular complexity index is 620. The fraction of sp³-hybridized carbons (Fsp3) is 0.231. The van der Waals surface area contributed by atoms with Crippen LogP contribution in [0.2, 0.25) is 0 Å². The lowest BCUT2D eigenvalue weighted by molar-refractivity contribution is 0.0766. The van der Waals surface area contributed by atoms with Gasteiger partial charge in [0.05, 0.1) is 6.54 Å². The molecule has 4 nitrogen and oxygen atoms in total. The van der Waals surface area contributed by atoms with Crippen LogP contribution in [-0.4, -0.2) is 15.8 Å². The Balaban J connectivity index is 1.84. The molecular weight excluding hydrogens is 246 g/mol. The molecule has 0 radical (unpaired) electrons. The number of thiazole rings is 1. The third kappa shape index (κ3) is 1.86. The summed E-state index contributed by atoms with van der Waals surface area (Å²) in [5, 5.41) is 2.97. The predicted molar refractivity (Wildman–Crippen MR) is 71.3 cm³/mol. The highest BCUT2D eigenvalue weighted by Crippen LogP contribution is 2.26. The van der Waals surface area contributed by atoms with Crippen molar-refractivity contribution in [1.29, 1.82) is 0 Å². The SMILES string of the molecule is Cc1csc(CN2Cc3ccc(N)cc3C2=O)n1. The van der Waals surface area contributed by atoms with Gasteiger partial charge in [0, 0.05) is 28.9 Å². The van der Waals surface area contributed by atoms with E-state index in [1.54, 1.807) is 17.4 Å². The average molecular weight is 259 g/mol. The van der Waals surface area contributed by atoms with Crippen molar-refractivity contribution in [2.45, 2.75) is 20.0 Å². The number of hydrogen-bond acceptors (Lipinski definition) is 4. The number of benzene rings is 1. The molecule has 0 fully saturated rings. The second-order valence-electron chi connectivity index (χ2n) is 4.46. The average Bonchev–Trinajstić information content (AvgIpc) is 2.86. The van der Waals surface area contributed by atoms with Gasteiger partial charge >= 0.3 is 0 Å². The van der Waals surface area contributed by atoms with E-state index in [0.29, 0.717) is 18.8 Å². The normalized spacial score (nSPS) is 14.1. The molecule has 2 aromatic rings. The van der Waals surface area contributed by atoms with Crippen LogP contribution in [0.15, 0.2) is 23.6 Å². The molecule has 18 heavy (non-hydrogen) atoms. The summed E-state index contributed by atoms with van der Waals surface area (Å²) in [4.78, 5) is 18.4. The fourth-order valence-electron chi connectivity index (χ4n) is 2.15. The van der Waals surface area contributed by atoms with Crippen molar-refractivity contribution in [3.63, 3.8) is 0 Å². The van der Waals surface area contributed by atoms with Crippen molar-refractivity contribution in [3.8, 4) is 0 Å². The van der Waals surface area contributed by atoms with E-state index in [1.807, 2.05) is 29.3 Å². The number of carbonyl (C=O) groups excluding carboxylic acids is 1. The second kappa shape index (κ2) is 4.10. The smallest absolute Gasteiger partial charge is 0.254 e. The molecule has 92 valence electrons. The van der Waals surface area contributed by atoms with Crippen molar-refractivity contribution < 1.29 is 4.79 Å². The molecule has 0 bridgehead atoms. The molecule has 0 atom stereocenters. The first-order chi connectivity index (χ1) is 8.63. The number of aryl methyl sites for hydroxylation is 1. The van der Waals surface area contributed by atoms with Crippen molar-refractivity contribution in [1.82, 2.24) is 9.88 Å². The first-order valence-electron chi connectivity index (χ1n) is 5.72. The van der Waals surface area contributed by atoms with Gasteiger partial charge in [-0.15, -0.1) is 11.3 Å². The molecule has 5 heteroatoms. The Morgan fingerprint density at radius 3 is 3.06 bits per heavy atom. The van der Waals surface area contributed by atoms with Gasteiger partial charge in [0.15, 0.2) is 0 Å². The van der Waals surface area contributed by atoms with Gasteiger partial charge in [0.25, 0.3) is 5.91 Å². The minimum Gasteiger partial charge on any atom is -0.399 e. The maximum Gasteiger partial charge on any atom is 0.254 e. The molecule has 0 saturated heterocycles. The lowest BCUT2D eigenvalue weighted by atomic mass is 10.1. The van der Waals surface area contributed by atoms with E-state index in [-0.39, 0.29) is 5.91 Å². The minimum atomic E-state index is 0.0464. The summed E-state index contributed by atoms with van der Waals surface area (Å²) < 4.78 is 0. The van der Waals surface area contributed by atoms with Gasteiger partial charge in [0.1, 0.15) is 5.01 Å². The molecular formula is C13H13N3OS. The molecule has 3 rings (SSSR count). The van der Waals surface area contributed by atoms with Crippen molar-refractivity contribution in [2.24, 2.45) is 0 Å². The Morgan fingerprint density at radius 1 is 1.50 bits per heavy atom. The van der Waals surface area contributed by atoms with Crippen molar-refractivity contribution in [2.75, 3.05) is 5.73 Å².